The Kier molecular flexibility index (Phi) is 14.0. The molecule has 0 heterocycles. The Hall–Kier alpha value is -3.33. The van der Waals surface area contributed by atoms with Gasteiger partial charge in [0.15, 0.2) is 0 Å². The highest BCUT2D eigenvalue weighted by Gasteiger charge is 1.88. The molecule has 24 heavy (non-hydrogen) atoms. The molecule has 0 aliphatic heterocycles. The van der Waals surface area contributed by atoms with Crippen molar-refractivity contribution in [2.75, 3.05) is 4.84 Å². The minimum absolute atomic E-state index is 0.558. The Labute approximate surface area is 141 Å². The van der Waals surface area contributed by atoms with Crippen molar-refractivity contribution in [2.24, 2.45) is 0 Å². The van der Waals surface area contributed by atoms with Gasteiger partial charge in [-0.25, -0.2) is 19.2 Å². The fourth-order valence-electron chi connectivity index (χ4n) is 0.786. The number of carboxylic acids is 4. The second-order valence-electron chi connectivity index (χ2n) is 3.48. The molecule has 0 aromatic heterocycles. The van der Waals surface area contributed by atoms with Crippen molar-refractivity contribution in [3.8, 4) is 0 Å². The van der Waals surface area contributed by atoms with Crippen LogP contribution >= 0.6 is 11.8 Å². The van der Waals surface area contributed by atoms with E-state index in [2.05, 4.69) is 4.84 Å². The van der Waals surface area contributed by atoms with E-state index in [0.29, 0.717) is 24.3 Å². The maximum absolute atomic E-state index is 9.55. The zero-order valence-corrected chi connectivity index (χ0v) is 12.8. The molecule has 130 valence electrons. The van der Waals surface area contributed by atoms with E-state index >= 15 is 0 Å². The van der Waals surface area contributed by atoms with Gasteiger partial charge >= 0.3 is 23.9 Å². The first-order valence-corrected chi connectivity index (χ1v) is 6.26. The summed E-state index contributed by atoms with van der Waals surface area (Å²) in [5.74, 6) is -5.03. The molecule has 1 aromatic rings. The molecule has 0 saturated heterocycles. The molecule has 0 bridgehead atoms. The average Bonchev–Trinajstić information content (AvgIpc) is 2.53. The molecule has 0 saturated carbocycles. The molecule has 0 aliphatic carbocycles. The first kappa shape index (κ1) is 22.9. The van der Waals surface area contributed by atoms with Crippen LogP contribution < -0.4 is 4.84 Å². The van der Waals surface area contributed by atoms with Gasteiger partial charge < -0.3 is 20.4 Å². The molecule has 0 fully saturated rings. The molecule has 9 nitrogen and oxygen atoms in total. The molecule has 1 rings (SSSR count). The third kappa shape index (κ3) is 21.0. The van der Waals surface area contributed by atoms with Crippen LogP contribution in [0.4, 0.5) is 5.69 Å². The van der Waals surface area contributed by atoms with E-state index in [1.165, 1.54) is 0 Å². The van der Waals surface area contributed by atoms with E-state index in [9.17, 15) is 19.2 Å². The quantitative estimate of drug-likeness (QED) is 0.389. The van der Waals surface area contributed by atoms with Gasteiger partial charge in [-0.2, -0.15) is 0 Å². The highest BCUT2D eigenvalue weighted by atomic mass is 35.5. The molecule has 0 aliphatic rings. The maximum atomic E-state index is 9.55. The Morgan fingerprint density at radius 3 is 1.17 bits per heavy atom. The normalized spacial score (nSPS) is 9.21. The molecule has 0 radical (unpaired) electrons. The third-order valence-corrected chi connectivity index (χ3v) is 1.84. The monoisotopic (exact) mass is 359 g/mol. The minimum Gasteiger partial charge on any atom is -0.478 e. The number of rotatable bonds is 5. The summed E-state index contributed by atoms with van der Waals surface area (Å²) in [5, 5.41) is 31.2. The lowest BCUT2D eigenvalue weighted by molar-refractivity contribution is -0.134. The van der Waals surface area contributed by atoms with Crippen LogP contribution in [0.1, 0.15) is 0 Å². The summed E-state index contributed by atoms with van der Waals surface area (Å²) in [6.45, 7) is 0. The number of benzene rings is 1. The fourth-order valence-corrected chi connectivity index (χ4v) is 0.912. The zero-order chi connectivity index (χ0) is 19.0. The second kappa shape index (κ2) is 14.6. The molecule has 0 atom stereocenters. The van der Waals surface area contributed by atoms with Crippen LogP contribution in [0, 0.1) is 0 Å². The van der Waals surface area contributed by atoms with E-state index < -0.39 is 23.9 Å². The summed E-state index contributed by atoms with van der Waals surface area (Å²) in [6, 6.07) is 9.58. The minimum atomic E-state index is -1.26. The Morgan fingerprint density at radius 1 is 0.708 bits per heavy atom. The average molecular weight is 360 g/mol. The first-order chi connectivity index (χ1) is 11.2. The van der Waals surface area contributed by atoms with Crippen molar-refractivity contribution >= 4 is 41.3 Å². The lowest BCUT2D eigenvalue weighted by Gasteiger charge is -1.91. The molecule has 0 spiro atoms. The van der Waals surface area contributed by atoms with Crippen molar-refractivity contribution in [2.45, 2.75) is 0 Å². The first-order valence-electron chi connectivity index (χ1n) is 5.88. The van der Waals surface area contributed by atoms with E-state index in [0.717, 1.165) is 5.69 Å². The summed E-state index contributed by atoms with van der Waals surface area (Å²) in [5.41, 5.74) is 0.925. The smallest absolute Gasteiger partial charge is 0.328 e. The van der Waals surface area contributed by atoms with E-state index in [4.69, 9.17) is 32.2 Å². The van der Waals surface area contributed by atoms with Gasteiger partial charge in [0.05, 0.1) is 0 Å². The number of carboxylic acid groups (broad SMARTS) is 4. The van der Waals surface area contributed by atoms with Gasteiger partial charge in [0.25, 0.3) is 0 Å². The molecular formula is C14H14ClNO8. The lowest BCUT2D eigenvalue weighted by atomic mass is 10.3. The van der Waals surface area contributed by atoms with Crippen LogP contribution in [-0.4, -0.2) is 44.3 Å². The topological polar surface area (TPSA) is 161 Å². The van der Waals surface area contributed by atoms with Crippen LogP contribution in [0.2, 0.25) is 0 Å². The third-order valence-electron chi connectivity index (χ3n) is 1.62. The van der Waals surface area contributed by atoms with Gasteiger partial charge in [0, 0.05) is 41.8 Å². The standard InChI is InChI=1S/C6H6ClN.2C4H4O4/c7-8-6-4-2-1-3-5-6;2*5-3(6)1-2-4(7)8/h1-5,8H;2*1-2H,(H,5,6)(H,7,8). The predicted octanol–water partition coefficient (Wildman–Crippen LogP) is 1.68. The van der Waals surface area contributed by atoms with Crippen molar-refractivity contribution < 1.29 is 39.6 Å². The highest BCUT2D eigenvalue weighted by Crippen LogP contribution is 2.04. The zero-order valence-electron chi connectivity index (χ0n) is 12.0. The number of carbonyl (C=O) groups is 4. The van der Waals surface area contributed by atoms with Crippen LogP contribution in [0.25, 0.3) is 0 Å². The number of para-hydroxylation sites is 1. The molecule has 5 N–H and O–H groups in total. The highest BCUT2D eigenvalue weighted by molar-refractivity contribution is 6.23. The van der Waals surface area contributed by atoms with Gasteiger partial charge in [0.2, 0.25) is 0 Å². The largest absolute Gasteiger partial charge is 0.478 e. The van der Waals surface area contributed by atoms with Crippen LogP contribution in [0.5, 0.6) is 0 Å². The number of aliphatic carboxylic acids is 4. The summed E-state index contributed by atoms with van der Waals surface area (Å²) in [4.78, 5) is 40.7. The Bertz CT molecular complexity index is 532. The van der Waals surface area contributed by atoms with Gasteiger partial charge in [0.1, 0.15) is 0 Å². The molecule has 0 unspecified atom stereocenters. The fraction of sp³-hybridized carbons (Fsp3) is 0. The van der Waals surface area contributed by atoms with Crippen LogP contribution in [-0.2, 0) is 19.2 Å². The number of anilines is 1. The number of nitrogens with one attached hydrogen (secondary N) is 1. The van der Waals surface area contributed by atoms with Crippen LogP contribution in [0.15, 0.2) is 54.6 Å². The van der Waals surface area contributed by atoms with Gasteiger partial charge in [-0.05, 0) is 12.1 Å². The molecule has 1 aromatic carbocycles. The summed E-state index contributed by atoms with van der Waals surface area (Å²) in [7, 11) is 0. The van der Waals surface area contributed by atoms with Gasteiger partial charge in [-0.15, -0.1) is 0 Å². The summed E-state index contributed by atoms with van der Waals surface area (Å²) in [6.07, 6.45) is 2.23. The van der Waals surface area contributed by atoms with E-state index in [1.807, 2.05) is 30.3 Å². The summed E-state index contributed by atoms with van der Waals surface area (Å²) < 4.78 is 0. The van der Waals surface area contributed by atoms with Crippen molar-refractivity contribution in [3.63, 3.8) is 0 Å². The van der Waals surface area contributed by atoms with Crippen molar-refractivity contribution in [1.29, 1.82) is 0 Å². The second-order valence-corrected chi connectivity index (χ2v) is 3.67. The van der Waals surface area contributed by atoms with E-state index in [1.54, 1.807) is 0 Å². The van der Waals surface area contributed by atoms with Crippen molar-refractivity contribution in [1.82, 2.24) is 0 Å². The number of halogens is 1. The predicted molar refractivity (Wildman–Crippen MR) is 84.7 cm³/mol. The van der Waals surface area contributed by atoms with Crippen molar-refractivity contribution in [3.05, 3.63) is 54.6 Å². The molecular weight excluding hydrogens is 346 g/mol. The van der Waals surface area contributed by atoms with Crippen LogP contribution in [0.3, 0.4) is 0 Å². The number of hydrogen-bond donors (Lipinski definition) is 5. The maximum Gasteiger partial charge on any atom is 0.328 e. The molecule has 10 heteroatoms. The van der Waals surface area contributed by atoms with Gasteiger partial charge in [-0.3, -0.25) is 4.84 Å². The SMILES string of the molecule is ClNc1ccccc1.O=C(O)C=CC(=O)O.O=C(O)C=CC(=O)O. The Balaban J connectivity index is 0. The molecule has 0 amide bonds. The lowest BCUT2D eigenvalue weighted by Crippen LogP contribution is -1.91. The Morgan fingerprint density at radius 2 is 1.00 bits per heavy atom. The van der Waals surface area contributed by atoms with Gasteiger partial charge in [-0.1, -0.05) is 18.2 Å². The number of hydrogen-bond acceptors (Lipinski definition) is 5. The van der Waals surface area contributed by atoms with E-state index in [-0.39, 0.29) is 0 Å². The summed E-state index contributed by atoms with van der Waals surface area (Å²) >= 11 is 5.28.